The third kappa shape index (κ3) is 3.45. The Morgan fingerprint density at radius 3 is 2.56 bits per heavy atom. The summed E-state index contributed by atoms with van der Waals surface area (Å²) >= 11 is 0. The molecule has 0 unspecified atom stereocenters. The quantitative estimate of drug-likeness (QED) is 0.704. The summed E-state index contributed by atoms with van der Waals surface area (Å²) in [5.74, 6) is 1.66. The number of fused-ring (bicyclic) bond motifs is 1. The molecule has 0 atom stereocenters. The van der Waals surface area contributed by atoms with E-state index < -0.39 is 0 Å². The van der Waals surface area contributed by atoms with E-state index in [1.54, 1.807) is 12.1 Å². The Bertz CT molecular complexity index is 862. The Morgan fingerprint density at radius 1 is 1.04 bits per heavy atom. The van der Waals surface area contributed by atoms with Crippen molar-refractivity contribution < 1.29 is 4.39 Å². The highest BCUT2D eigenvalue weighted by atomic mass is 19.1. The molecule has 0 saturated carbocycles. The van der Waals surface area contributed by atoms with E-state index in [2.05, 4.69) is 39.6 Å². The van der Waals surface area contributed by atoms with Crippen LogP contribution >= 0.6 is 0 Å². The molecule has 2 aromatic carbocycles. The number of rotatable bonds is 4. The summed E-state index contributed by atoms with van der Waals surface area (Å²) in [4.78, 5) is 7.04. The van der Waals surface area contributed by atoms with Crippen LogP contribution in [0, 0.1) is 18.7 Å². The Morgan fingerprint density at radius 2 is 1.76 bits per heavy atom. The van der Waals surface area contributed by atoms with Crippen molar-refractivity contribution in [3.8, 4) is 0 Å². The normalized spacial score (nSPS) is 16.6. The summed E-state index contributed by atoms with van der Waals surface area (Å²) in [6.07, 6.45) is 2.31. The largest absolute Gasteiger partial charge is 0.328 e. The molecule has 1 saturated heterocycles. The first-order chi connectivity index (χ1) is 12.2. The first kappa shape index (κ1) is 16.3. The van der Waals surface area contributed by atoms with Crippen LogP contribution in [0.5, 0.6) is 0 Å². The van der Waals surface area contributed by atoms with Gasteiger partial charge in [-0.2, -0.15) is 0 Å². The molecule has 3 aromatic rings. The zero-order valence-electron chi connectivity index (χ0n) is 14.7. The topological polar surface area (TPSA) is 21.1 Å². The monoisotopic (exact) mass is 337 g/mol. The van der Waals surface area contributed by atoms with E-state index in [1.807, 2.05) is 18.2 Å². The van der Waals surface area contributed by atoms with Gasteiger partial charge in [-0.15, -0.1) is 0 Å². The molecular weight excluding hydrogens is 313 g/mol. The highest BCUT2D eigenvalue weighted by Crippen LogP contribution is 2.24. The first-order valence-corrected chi connectivity index (χ1v) is 9.08. The van der Waals surface area contributed by atoms with Crippen LogP contribution in [0.25, 0.3) is 11.0 Å². The summed E-state index contributed by atoms with van der Waals surface area (Å²) in [6.45, 7) is 5.90. The molecule has 1 fully saturated rings. The summed E-state index contributed by atoms with van der Waals surface area (Å²) in [5.41, 5.74) is 3.11. The number of aromatic nitrogens is 2. The SMILES string of the molecule is Cc1nc2ccccc2n1CC1CCN(Cc2ccccc2F)CC1. The molecule has 0 N–H and O–H groups in total. The third-order valence-electron chi connectivity index (χ3n) is 5.35. The minimum atomic E-state index is -0.0925. The van der Waals surface area contributed by atoms with Crippen molar-refractivity contribution in [2.24, 2.45) is 5.92 Å². The zero-order chi connectivity index (χ0) is 17.2. The number of halogens is 1. The number of hydrogen-bond acceptors (Lipinski definition) is 2. The second kappa shape index (κ2) is 6.96. The fourth-order valence-electron chi connectivity index (χ4n) is 3.88. The van der Waals surface area contributed by atoms with Gasteiger partial charge in [0.2, 0.25) is 0 Å². The molecule has 2 heterocycles. The second-order valence-electron chi connectivity index (χ2n) is 7.07. The lowest BCUT2D eigenvalue weighted by Gasteiger charge is -2.32. The minimum absolute atomic E-state index is 0.0925. The molecule has 25 heavy (non-hydrogen) atoms. The van der Waals surface area contributed by atoms with E-state index in [1.165, 1.54) is 5.52 Å². The standard InChI is InChI=1S/C21H24FN3/c1-16-23-20-8-4-5-9-21(20)25(16)14-17-10-12-24(13-11-17)15-18-6-2-3-7-19(18)22/h2-9,17H,10-15H2,1H3. The van der Waals surface area contributed by atoms with Gasteiger partial charge in [0.1, 0.15) is 11.6 Å². The molecule has 1 aliphatic rings. The lowest BCUT2D eigenvalue weighted by molar-refractivity contribution is 0.166. The van der Waals surface area contributed by atoms with Crippen LogP contribution in [0.4, 0.5) is 4.39 Å². The smallest absolute Gasteiger partial charge is 0.127 e. The molecule has 0 spiro atoms. The Kier molecular flexibility index (Phi) is 4.53. The Balaban J connectivity index is 1.39. The number of nitrogens with zero attached hydrogens (tertiary/aromatic N) is 3. The van der Waals surface area contributed by atoms with E-state index in [-0.39, 0.29) is 5.82 Å². The third-order valence-corrected chi connectivity index (χ3v) is 5.35. The number of para-hydroxylation sites is 2. The van der Waals surface area contributed by atoms with Crippen LogP contribution in [0.15, 0.2) is 48.5 Å². The van der Waals surface area contributed by atoms with Crippen LogP contribution in [-0.2, 0) is 13.1 Å². The summed E-state index contributed by atoms with van der Waals surface area (Å²) in [7, 11) is 0. The van der Waals surface area contributed by atoms with Gasteiger partial charge in [-0.3, -0.25) is 4.90 Å². The number of imidazole rings is 1. The molecule has 0 amide bonds. The van der Waals surface area contributed by atoms with Crippen LogP contribution in [-0.4, -0.2) is 27.5 Å². The predicted molar refractivity (Wildman–Crippen MR) is 98.9 cm³/mol. The zero-order valence-corrected chi connectivity index (χ0v) is 14.7. The second-order valence-corrected chi connectivity index (χ2v) is 7.07. The molecule has 4 heteroatoms. The maximum atomic E-state index is 13.8. The average Bonchev–Trinajstić information content (AvgIpc) is 2.94. The maximum absolute atomic E-state index is 13.8. The van der Waals surface area contributed by atoms with Crippen LogP contribution in [0.3, 0.4) is 0 Å². The van der Waals surface area contributed by atoms with Gasteiger partial charge in [0.25, 0.3) is 0 Å². The van der Waals surface area contributed by atoms with Crippen molar-refractivity contribution in [1.29, 1.82) is 0 Å². The molecule has 0 bridgehead atoms. The van der Waals surface area contributed by atoms with E-state index in [0.717, 1.165) is 49.4 Å². The van der Waals surface area contributed by atoms with Gasteiger partial charge >= 0.3 is 0 Å². The van der Waals surface area contributed by atoms with Crippen molar-refractivity contribution in [2.45, 2.75) is 32.9 Å². The highest BCUT2D eigenvalue weighted by Gasteiger charge is 2.21. The van der Waals surface area contributed by atoms with Crippen molar-refractivity contribution in [1.82, 2.24) is 14.5 Å². The minimum Gasteiger partial charge on any atom is -0.328 e. The summed E-state index contributed by atoms with van der Waals surface area (Å²) in [6, 6.07) is 15.5. The molecular formula is C21H24FN3. The number of aryl methyl sites for hydroxylation is 1. The van der Waals surface area contributed by atoms with E-state index >= 15 is 0 Å². The molecule has 130 valence electrons. The van der Waals surface area contributed by atoms with E-state index in [0.29, 0.717) is 12.5 Å². The molecule has 3 nitrogen and oxygen atoms in total. The highest BCUT2D eigenvalue weighted by molar-refractivity contribution is 5.75. The van der Waals surface area contributed by atoms with Crippen LogP contribution in [0.2, 0.25) is 0 Å². The molecule has 0 aliphatic carbocycles. The van der Waals surface area contributed by atoms with Gasteiger partial charge in [-0.25, -0.2) is 9.37 Å². The lowest BCUT2D eigenvalue weighted by atomic mass is 9.96. The average molecular weight is 337 g/mol. The van der Waals surface area contributed by atoms with Crippen molar-refractivity contribution in [3.63, 3.8) is 0 Å². The Labute approximate surface area is 148 Å². The van der Waals surface area contributed by atoms with Crippen LogP contribution < -0.4 is 0 Å². The van der Waals surface area contributed by atoms with Gasteiger partial charge in [0.05, 0.1) is 11.0 Å². The molecule has 0 radical (unpaired) electrons. The van der Waals surface area contributed by atoms with Gasteiger partial charge in [0, 0.05) is 18.7 Å². The van der Waals surface area contributed by atoms with Gasteiger partial charge in [-0.05, 0) is 57.0 Å². The van der Waals surface area contributed by atoms with Crippen molar-refractivity contribution in [3.05, 3.63) is 65.7 Å². The fourth-order valence-corrected chi connectivity index (χ4v) is 3.88. The summed E-state index contributed by atoms with van der Waals surface area (Å²) < 4.78 is 16.2. The number of benzene rings is 2. The Hall–Kier alpha value is -2.20. The maximum Gasteiger partial charge on any atom is 0.127 e. The summed E-state index contributed by atoms with van der Waals surface area (Å²) in [5, 5.41) is 0. The van der Waals surface area contributed by atoms with Gasteiger partial charge in [-0.1, -0.05) is 30.3 Å². The van der Waals surface area contributed by atoms with Gasteiger partial charge < -0.3 is 4.57 Å². The molecule has 1 aliphatic heterocycles. The lowest BCUT2D eigenvalue weighted by Crippen LogP contribution is -2.34. The van der Waals surface area contributed by atoms with E-state index in [4.69, 9.17) is 0 Å². The van der Waals surface area contributed by atoms with Gasteiger partial charge in [0.15, 0.2) is 0 Å². The van der Waals surface area contributed by atoms with Crippen LogP contribution in [0.1, 0.15) is 24.2 Å². The number of hydrogen-bond donors (Lipinski definition) is 0. The van der Waals surface area contributed by atoms with Crippen molar-refractivity contribution in [2.75, 3.05) is 13.1 Å². The number of likely N-dealkylation sites (tertiary alicyclic amines) is 1. The molecule has 1 aromatic heterocycles. The number of piperidine rings is 1. The van der Waals surface area contributed by atoms with Crippen molar-refractivity contribution >= 4 is 11.0 Å². The predicted octanol–water partition coefficient (Wildman–Crippen LogP) is 4.40. The first-order valence-electron chi connectivity index (χ1n) is 9.08. The fraction of sp³-hybridized carbons (Fsp3) is 0.381. The molecule has 4 rings (SSSR count). The van der Waals surface area contributed by atoms with E-state index in [9.17, 15) is 4.39 Å².